The van der Waals surface area contributed by atoms with E-state index in [0.29, 0.717) is 11.0 Å². The van der Waals surface area contributed by atoms with E-state index in [0.717, 1.165) is 48.7 Å². The number of methoxy groups -OCH3 is 1. The Morgan fingerprint density at radius 3 is 2.46 bits per heavy atom. The number of nitrogens with zero attached hydrogens (tertiary/aromatic N) is 2. The highest BCUT2D eigenvalue weighted by atomic mass is 32.1. The molecule has 1 aromatic carbocycles. The minimum Gasteiger partial charge on any atom is -0.497 e. The highest BCUT2D eigenvalue weighted by Crippen LogP contribution is 2.26. The number of ether oxygens (including phenoxy) is 1. The molecule has 3 rings (SSSR count). The van der Waals surface area contributed by atoms with E-state index < -0.39 is 0 Å². The summed E-state index contributed by atoms with van der Waals surface area (Å²) < 4.78 is 13.2. The number of pyridine rings is 1. The molecule has 0 bridgehead atoms. The Morgan fingerprint density at radius 2 is 1.79 bits per heavy atom. The molecule has 0 saturated heterocycles. The number of hydrogen-bond acceptors (Lipinski definition) is 4. The first kappa shape index (κ1) is 19.8. The van der Waals surface area contributed by atoms with E-state index in [1.54, 1.807) is 13.3 Å². The summed E-state index contributed by atoms with van der Waals surface area (Å²) in [6, 6.07) is 11.7. The van der Waals surface area contributed by atoms with Crippen LogP contribution in [0.15, 0.2) is 59.4 Å². The van der Waals surface area contributed by atoms with Crippen LogP contribution < -0.4 is 19.9 Å². The number of thiocarbonyl (C=S) groups is 1. The third-order valence-corrected chi connectivity index (χ3v) is 4.50. The molecule has 7 heteroatoms. The number of rotatable bonds is 8. The van der Waals surface area contributed by atoms with Gasteiger partial charge in [0.05, 0.1) is 19.9 Å². The Kier molecular flexibility index (Phi) is 6.97. The van der Waals surface area contributed by atoms with E-state index in [9.17, 15) is 0 Å². The van der Waals surface area contributed by atoms with Crippen LogP contribution in [0.1, 0.15) is 13.3 Å². The molecule has 146 valence electrons. The summed E-state index contributed by atoms with van der Waals surface area (Å²) in [7, 11) is 1.65. The highest BCUT2D eigenvalue weighted by Gasteiger charge is 2.10. The first-order valence-corrected chi connectivity index (χ1v) is 9.72. The monoisotopic (exact) mass is 397 g/mol. The fraction of sp³-hybridized carbons (Fsp3) is 0.286. The molecular formula is C21H25N4O2S+. The van der Waals surface area contributed by atoms with E-state index in [1.807, 2.05) is 48.8 Å². The van der Waals surface area contributed by atoms with Crippen LogP contribution in [0.3, 0.4) is 0 Å². The number of hydrogen-bond donors (Lipinski definition) is 2. The van der Waals surface area contributed by atoms with E-state index in [2.05, 4.69) is 27.1 Å². The average molecular weight is 398 g/mol. The molecule has 0 spiro atoms. The molecule has 2 aromatic heterocycles. The van der Waals surface area contributed by atoms with Gasteiger partial charge >= 0.3 is 0 Å². The summed E-state index contributed by atoms with van der Waals surface area (Å²) in [4.78, 5) is 4.40. The zero-order valence-electron chi connectivity index (χ0n) is 16.1. The molecule has 3 aromatic rings. The van der Waals surface area contributed by atoms with Crippen molar-refractivity contribution in [3.63, 3.8) is 0 Å². The number of nitrogens with one attached hydrogen (secondary N) is 2. The maximum atomic E-state index is 5.92. The Morgan fingerprint density at radius 1 is 1.07 bits per heavy atom. The van der Waals surface area contributed by atoms with E-state index in [4.69, 9.17) is 21.4 Å². The molecule has 2 heterocycles. The minimum absolute atomic E-state index is 0.598. The second-order valence-electron chi connectivity index (χ2n) is 6.27. The number of aromatic nitrogens is 2. The molecule has 0 aliphatic heterocycles. The molecule has 28 heavy (non-hydrogen) atoms. The average Bonchev–Trinajstić information content (AvgIpc) is 3.23. The van der Waals surface area contributed by atoms with E-state index in [-0.39, 0.29) is 0 Å². The van der Waals surface area contributed by atoms with Crippen LogP contribution in [0.2, 0.25) is 0 Å². The summed E-state index contributed by atoms with van der Waals surface area (Å²) in [6.45, 7) is 4.58. The largest absolute Gasteiger partial charge is 0.497 e. The lowest BCUT2D eigenvalue weighted by Gasteiger charge is -2.07. The van der Waals surface area contributed by atoms with E-state index >= 15 is 0 Å². The lowest BCUT2D eigenvalue weighted by Crippen LogP contribution is -2.43. The van der Waals surface area contributed by atoms with Gasteiger partial charge in [-0.25, -0.2) is 9.55 Å². The first-order valence-electron chi connectivity index (χ1n) is 9.31. The number of oxazole rings is 1. The molecule has 0 amide bonds. The quantitative estimate of drug-likeness (QED) is 0.450. The van der Waals surface area contributed by atoms with Gasteiger partial charge in [0, 0.05) is 29.8 Å². The minimum atomic E-state index is 0.598. The van der Waals surface area contributed by atoms with Crippen molar-refractivity contribution in [2.24, 2.45) is 0 Å². The molecule has 0 aliphatic rings. The van der Waals surface area contributed by atoms with Gasteiger partial charge in [-0.15, -0.1) is 0 Å². The van der Waals surface area contributed by atoms with Gasteiger partial charge in [0.15, 0.2) is 29.8 Å². The standard InChI is InChI=1S/C21H24N4O2S/c1-3-10-22-21(28)23-11-14-25-12-8-17(9-13-25)20-24-15-19(27-20)16-4-6-18(26-2)7-5-16/h4-9,12-13,15H,3,10-11,14H2,1-2H3,(H-,22,23,28)/p+1. The lowest BCUT2D eigenvalue weighted by molar-refractivity contribution is -0.694. The van der Waals surface area contributed by atoms with Crippen LogP contribution in [-0.2, 0) is 6.54 Å². The summed E-state index contributed by atoms with van der Waals surface area (Å²) in [5.74, 6) is 2.14. The molecule has 0 fully saturated rings. The van der Waals surface area contributed by atoms with Gasteiger partial charge in [0.2, 0.25) is 5.89 Å². The molecule has 0 radical (unpaired) electrons. The fourth-order valence-electron chi connectivity index (χ4n) is 2.64. The summed E-state index contributed by atoms with van der Waals surface area (Å²) in [5.41, 5.74) is 1.90. The van der Waals surface area contributed by atoms with Gasteiger partial charge in [-0.3, -0.25) is 0 Å². The topological polar surface area (TPSA) is 63.2 Å². The first-order chi connectivity index (χ1) is 13.7. The van der Waals surface area contributed by atoms with Crippen molar-refractivity contribution in [2.45, 2.75) is 19.9 Å². The predicted octanol–water partition coefficient (Wildman–Crippen LogP) is 3.18. The lowest BCUT2D eigenvalue weighted by atomic mass is 10.2. The number of benzene rings is 1. The SMILES string of the molecule is CCCNC(=S)NCC[n+]1ccc(-c2ncc(-c3ccc(OC)cc3)o2)cc1. The van der Waals surface area contributed by atoms with Crippen molar-refractivity contribution in [3.05, 3.63) is 55.0 Å². The summed E-state index contributed by atoms with van der Waals surface area (Å²) >= 11 is 5.22. The second-order valence-corrected chi connectivity index (χ2v) is 6.67. The molecule has 2 N–H and O–H groups in total. The van der Waals surface area contributed by atoms with Gasteiger partial charge in [0.1, 0.15) is 5.75 Å². The Labute approximate surface area is 170 Å². The van der Waals surface area contributed by atoms with Gasteiger partial charge in [-0.1, -0.05) is 6.92 Å². The van der Waals surface area contributed by atoms with Gasteiger partial charge in [0.25, 0.3) is 0 Å². The Balaban J connectivity index is 1.57. The van der Waals surface area contributed by atoms with Gasteiger partial charge < -0.3 is 19.8 Å². The zero-order chi connectivity index (χ0) is 19.8. The van der Waals surface area contributed by atoms with Crippen LogP contribution in [0, 0.1) is 0 Å². The predicted molar refractivity (Wildman–Crippen MR) is 113 cm³/mol. The molecule has 0 saturated carbocycles. The van der Waals surface area contributed by atoms with E-state index in [1.165, 1.54) is 0 Å². The maximum Gasteiger partial charge on any atom is 0.227 e. The Bertz CT molecular complexity index is 892. The van der Waals surface area contributed by atoms with Crippen molar-refractivity contribution in [1.82, 2.24) is 15.6 Å². The third kappa shape index (κ3) is 5.29. The fourth-order valence-corrected chi connectivity index (χ4v) is 2.85. The van der Waals surface area contributed by atoms with Crippen LogP contribution in [0.25, 0.3) is 22.8 Å². The summed E-state index contributed by atoms with van der Waals surface area (Å²) in [5, 5.41) is 7.06. The van der Waals surface area contributed by atoms with Crippen molar-refractivity contribution in [1.29, 1.82) is 0 Å². The van der Waals surface area contributed by atoms with Crippen LogP contribution in [0.4, 0.5) is 0 Å². The highest BCUT2D eigenvalue weighted by molar-refractivity contribution is 7.80. The third-order valence-electron chi connectivity index (χ3n) is 4.21. The van der Waals surface area contributed by atoms with Crippen molar-refractivity contribution in [3.8, 4) is 28.5 Å². The van der Waals surface area contributed by atoms with Crippen LogP contribution >= 0.6 is 12.2 Å². The normalized spacial score (nSPS) is 10.5. The molecule has 0 aliphatic carbocycles. The maximum absolute atomic E-state index is 5.92. The van der Waals surface area contributed by atoms with Gasteiger partial charge in [-0.05, 0) is 42.9 Å². The van der Waals surface area contributed by atoms with Crippen LogP contribution in [-0.4, -0.2) is 30.3 Å². The molecule has 6 nitrogen and oxygen atoms in total. The molecular weight excluding hydrogens is 372 g/mol. The Hall–Kier alpha value is -2.93. The molecule has 0 unspecified atom stereocenters. The second kappa shape index (κ2) is 9.85. The van der Waals surface area contributed by atoms with Crippen molar-refractivity contribution in [2.75, 3.05) is 20.2 Å². The van der Waals surface area contributed by atoms with Gasteiger partial charge in [-0.2, -0.15) is 0 Å². The molecule has 0 atom stereocenters. The smallest absolute Gasteiger partial charge is 0.227 e. The summed E-state index contributed by atoms with van der Waals surface area (Å²) in [6.07, 6.45) is 6.82. The van der Waals surface area contributed by atoms with Crippen LogP contribution in [0.5, 0.6) is 5.75 Å². The van der Waals surface area contributed by atoms with Crippen molar-refractivity contribution >= 4 is 17.3 Å². The van der Waals surface area contributed by atoms with Crippen molar-refractivity contribution < 1.29 is 13.7 Å². The zero-order valence-corrected chi connectivity index (χ0v) is 17.0.